The Hall–Kier alpha value is -0.710. The number of nitrogens with zero attached hydrogens (tertiary/aromatic N) is 1. The minimum Gasteiger partial charge on any atom is -0.480 e. The number of rotatable bonds is 5. The summed E-state index contributed by atoms with van der Waals surface area (Å²) in [5.74, 6) is -1.06. The first-order chi connectivity index (χ1) is 9.23. The molecule has 0 amide bonds. The molecule has 1 heterocycles. The second-order valence-corrected chi connectivity index (χ2v) is 8.04. The minimum atomic E-state index is -3.53. The normalized spacial score (nSPS) is 18.5. The molecular formula is C12H14INO5S. The molecule has 1 saturated heterocycles. The summed E-state index contributed by atoms with van der Waals surface area (Å²) >= 11 is 2.10. The predicted molar refractivity (Wildman–Crippen MR) is 79.9 cm³/mol. The van der Waals surface area contributed by atoms with E-state index in [0.717, 1.165) is 3.57 Å². The number of hydrogen-bond acceptors (Lipinski definition) is 4. The summed E-state index contributed by atoms with van der Waals surface area (Å²) in [6, 6.07) is 6.58. The summed E-state index contributed by atoms with van der Waals surface area (Å²) < 4.78 is 32.1. The Labute approximate surface area is 130 Å². The van der Waals surface area contributed by atoms with Gasteiger partial charge in [-0.3, -0.25) is 0 Å². The van der Waals surface area contributed by atoms with E-state index in [0.29, 0.717) is 0 Å². The second-order valence-electron chi connectivity index (χ2n) is 4.86. The Morgan fingerprint density at radius 2 is 1.95 bits per heavy atom. The zero-order valence-electron chi connectivity index (χ0n) is 10.7. The Morgan fingerprint density at radius 1 is 1.40 bits per heavy atom. The van der Waals surface area contributed by atoms with Gasteiger partial charge >= 0.3 is 5.97 Å². The van der Waals surface area contributed by atoms with Crippen LogP contribution >= 0.6 is 22.6 Å². The number of benzene rings is 1. The van der Waals surface area contributed by atoms with Gasteiger partial charge in [0.05, 0.1) is 10.5 Å². The molecule has 0 unspecified atom stereocenters. The number of carbonyl (C=O) groups is 1. The van der Waals surface area contributed by atoms with Crippen molar-refractivity contribution in [1.29, 1.82) is 0 Å². The summed E-state index contributed by atoms with van der Waals surface area (Å²) in [6.45, 7) is 1.60. The molecule has 1 N–H and O–H groups in total. The molecule has 0 aliphatic carbocycles. The number of hydrogen-bond donors (Lipinski definition) is 1. The Bertz CT molecular complexity index is 607. The van der Waals surface area contributed by atoms with Gasteiger partial charge in [0.1, 0.15) is 6.61 Å². The van der Waals surface area contributed by atoms with Crippen LogP contribution in [0, 0.1) is 3.57 Å². The van der Waals surface area contributed by atoms with Gasteiger partial charge in [0.15, 0.2) is 0 Å². The van der Waals surface area contributed by atoms with E-state index in [-0.39, 0.29) is 18.0 Å². The first-order valence-corrected chi connectivity index (χ1v) is 8.36. The van der Waals surface area contributed by atoms with Crippen LogP contribution in [0.15, 0.2) is 29.2 Å². The highest BCUT2D eigenvalue weighted by Crippen LogP contribution is 2.30. The van der Waals surface area contributed by atoms with Crippen molar-refractivity contribution >= 4 is 38.6 Å². The van der Waals surface area contributed by atoms with Crippen molar-refractivity contribution in [3.8, 4) is 0 Å². The smallest absolute Gasteiger partial charge is 0.329 e. The monoisotopic (exact) mass is 411 g/mol. The maximum absolute atomic E-state index is 12.3. The summed E-state index contributed by atoms with van der Waals surface area (Å²) in [7, 11) is -3.53. The molecule has 0 saturated carbocycles. The van der Waals surface area contributed by atoms with E-state index < -0.39 is 28.2 Å². The van der Waals surface area contributed by atoms with E-state index in [1.54, 1.807) is 31.2 Å². The number of ether oxygens (including phenoxy) is 1. The second kappa shape index (κ2) is 5.58. The average molecular weight is 411 g/mol. The van der Waals surface area contributed by atoms with Gasteiger partial charge in [-0.2, -0.15) is 4.31 Å². The molecule has 8 heteroatoms. The standard InChI is InChI=1S/C12H14INO5S/c1-12(19-6-11(15)16)7-14(8-12)20(17,18)10-4-2-9(13)3-5-10/h2-5H,6-8H2,1H3,(H,15,16). The number of sulfonamides is 1. The maximum Gasteiger partial charge on any atom is 0.329 e. The van der Waals surface area contributed by atoms with Crippen molar-refractivity contribution in [2.24, 2.45) is 0 Å². The van der Waals surface area contributed by atoms with Crippen LogP contribution in [0.25, 0.3) is 0 Å². The van der Waals surface area contributed by atoms with Crippen LogP contribution in [0.1, 0.15) is 6.92 Å². The summed E-state index contributed by atoms with van der Waals surface area (Å²) in [5.41, 5.74) is -0.728. The van der Waals surface area contributed by atoms with Gasteiger partial charge in [-0.15, -0.1) is 0 Å². The Morgan fingerprint density at radius 3 is 2.45 bits per heavy atom. The SMILES string of the molecule is CC1(OCC(=O)O)CN(S(=O)(=O)c2ccc(I)cc2)C1. The van der Waals surface area contributed by atoms with Crippen molar-refractivity contribution in [3.05, 3.63) is 27.8 Å². The van der Waals surface area contributed by atoms with Crippen molar-refractivity contribution in [1.82, 2.24) is 4.31 Å². The summed E-state index contributed by atoms with van der Waals surface area (Å²) in [5, 5.41) is 8.57. The molecule has 1 aromatic carbocycles. The molecule has 2 rings (SSSR count). The molecule has 1 fully saturated rings. The highest BCUT2D eigenvalue weighted by molar-refractivity contribution is 14.1. The average Bonchev–Trinajstić information content (AvgIpc) is 2.33. The number of halogens is 1. The summed E-state index contributed by atoms with van der Waals surface area (Å²) in [4.78, 5) is 10.7. The fourth-order valence-electron chi connectivity index (χ4n) is 1.95. The van der Waals surface area contributed by atoms with E-state index in [4.69, 9.17) is 9.84 Å². The largest absolute Gasteiger partial charge is 0.480 e. The van der Waals surface area contributed by atoms with Gasteiger partial charge in [0.25, 0.3) is 0 Å². The highest BCUT2D eigenvalue weighted by atomic mass is 127. The third-order valence-corrected chi connectivity index (χ3v) is 5.54. The predicted octanol–water partition coefficient (Wildman–Crippen LogP) is 1.16. The van der Waals surface area contributed by atoms with E-state index in [1.807, 2.05) is 0 Å². The molecule has 0 aromatic heterocycles. The molecule has 1 aromatic rings. The van der Waals surface area contributed by atoms with Gasteiger partial charge in [-0.25, -0.2) is 13.2 Å². The third kappa shape index (κ3) is 3.30. The number of aliphatic carboxylic acids is 1. The maximum atomic E-state index is 12.3. The van der Waals surface area contributed by atoms with Crippen molar-refractivity contribution in [2.45, 2.75) is 17.4 Å². The number of carboxylic acids is 1. The Kier molecular flexibility index (Phi) is 4.38. The lowest BCUT2D eigenvalue weighted by atomic mass is 10.0. The fraction of sp³-hybridized carbons (Fsp3) is 0.417. The van der Waals surface area contributed by atoms with E-state index in [2.05, 4.69) is 22.6 Å². The molecule has 110 valence electrons. The van der Waals surface area contributed by atoms with Crippen molar-refractivity contribution in [3.63, 3.8) is 0 Å². The van der Waals surface area contributed by atoms with E-state index in [1.165, 1.54) is 4.31 Å². The fourth-order valence-corrected chi connectivity index (χ4v) is 3.98. The molecule has 0 atom stereocenters. The van der Waals surface area contributed by atoms with Gasteiger partial charge in [0, 0.05) is 16.7 Å². The van der Waals surface area contributed by atoms with Crippen LogP contribution < -0.4 is 0 Å². The molecule has 0 radical (unpaired) electrons. The zero-order valence-corrected chi connectivity index (χ0v) is 13.7. The van der Waals surface area contributed by atoms with Crippen molar-refractivity contribution in [2.75, 3.05) is 19.7 Å². The lowest BCUT2D eigenvalue weighted by molar-refractivity contribution is -0.157. The first-order valence-electron chi connectivity index (χ1n) is 5.84. The van der Waals surface area contributed by atoms with Gasteiger partial charge in [-0.1, -0.05) is 0 Å². The number of carboxylic acid groups (broad SMARTS) is 1. The molecule has 1 aliphatic heterocycles. The highest BCUT2D eigenvalue weighted by Gasteiger charge is 2.46. The molecule has 0 bridgehead atoms. The first kappa shape index (κ1) is 15.7. The zero-order chi connectivity index (χ0) is 15.0. The molecule has 20 heavy (non-hydrogen) atoms. The van der Waals surface area contributed by atoms with Crippen LogP contribution in [0.2, 0.25) is 0 Å². The van der Waals surface area contributed by atoms with Crippen LogP contribution in [0.3, 0.4) is 0 Å². The third-order valence-electron chi connectivity index (χ3n) is 3.02. The van der Waals surface area contributed by atoms with Gasteiger partial charge in [0.2, 0.25) is 10.0 Å². The minimum absolute atomic E-state index is 0.161. The topological polar surface area (TPSA) is 83.9 Å². The van der Waals surface area contributed by atoms with Crippen molar-refractivity contribution < 1.29 is 23.1 Å². The van der Waals surface area contributed by atoms with E-state index >= 15 is 0 Å². The van der Waals surface area contributed by atoms with E-state index in [9.17, 15) is 13.2 Å². The van der Waals surface area contributed by atoms with Crippen LogP contribution in [0.4, 0.5) is 0 Å². The van der Waals surface area contributed by atoms with Gasteiger partial charge in [-0.05, 0) is 53.8 Å². The van der Waals surface area contributed by atoms with Crippen LogP contribution in [0.5, 0.6) is 0 Å². The van der Waals surface area contributed by atoms with Gasteiger partial charge < -0.3 is 9.84 Å². The Balaban J connectivity index is 2.04. The lowest BCUT2D eigenvalue weighted by Crippen LogP contribution is -2.63. The lowest BCUT2D eigenvalue weighted by Gasteiger charge is -2.46. The van der Waals surface area contributed by atoms with Crippen LogP contribution in [-0.4, -0.2) is 49.1 Å². The molecular weight excluding hydrogens is 397 g/mol. The molecule has 0 spiro atoms. The van der Waals surface area contributed by atoms with Crippen LogP contribution in [-0.2, 0) is 19.6 Å². The molecule has 6 nitrogen and oxygen atoms in total. The summed E-state index contributed by atoms with van der Waals surface area (Å²) in [6.07, 6.45) is 0. The molecule has 1 aliphatic rings. The quantitative estimate of drug-likeness (QED) is 0.736.